The normalized spacial score (nSPS) is 11.3. The van der Waals surface area contributed by atoms with Crippen LogP contribution in [-0.2, 0) is 15.5 Å². The van der Waals surface area contributed by atoms with E-state index in [9.17, 15) is 19.1 Å². The van der Waals surface area contributed by atoms with Gasteiger partial charge in [-0.05, 0) is 18.6 Å². The molecule has 0 bridgehead atoms. The molecular weight excluding hydrogens is 317 g/mol. The zero-order valence-electron chi connectivity index (χ0n) is 13.7. The lowest BCUT2D eigenvalue weighted by molar-refractivity contribution is -0.116. The lowest BCUT2D eigenvalue weighted by atomic mass is 10.1. The second-order valence-electron chi connectivity index (χ2n) is 5.52. The number of rotatable bonds is 10. The number of carbonyl (C=O) groups is 1. The van der Waals surface area contributed by atoms with Gasteiger partial charge in [0.25, 0.3) is 0 Å². The minimum atomic E-state index is -4.26. The third-order valence-corrected chi connectivity index (χ3v) is 4.23. The summed E-state index contributed by atoms with van der Waals surface area (Å²) in [5.74, 6) is 0.204. The number of nitrogens with one attached hydrogen (secondary N) is 1. The molecule has 0 aliphatic rings. The van der Waals surface area contributed by atoms with E-state index in [1.165, 1.54) is 13.5 Å². The molecule has 130 valence electrons. The van der Waals surface area contributed by atoms with Crippen LogP contribution < -0.4 is 10.1 Å². The van der Waals surface area contributed by atoms with Gasteiger partial charge in [0.15, 0.2) is 0 Å². The van der Waals surface area contributed by atoms with E-state index in [2.05, 4.69) is 12.2 Å². The molecule has 0 aromatic heterocycles. The van der Waals surface area contributed by atoms with Crippen molar-refractivity contribution in [3.8, 4) is 5.75 Å². The summed E-state index contributed by atoms with van der Waals surface area (Å²) in [5.41, 5.74) is 0.717. The van der Waals surface area contributed by atoms with E-state index in [1.54, 1.807) is 18.2 Å². The van der Waals surface area contributed by atoms with Crippen LogP contribution in [0.25, 0.3) is 0 Å². The van der Waals surface area contributed by atoms with Gasteiger partial charge < -0.3 is 19.8 Å². The van der Waals surface area contributed by atoms with Crippen LogP contribution in [0.15, 0.2) is 18.2 Å². The Hall–Kier alpha value is -1.36. The van der Waals surface area contributed by atoms with Gasteiger partial charge in [0.2, 0.25) is 5.91 Å². The van der Waals surface area contributed by atoms with Crippen molar-refractivity contribution < 1.29 is 23.9 Å². The molecule has 0 radical (unpaired) electrons. The first-order chi connectivity index (χ1) is 10.9. The van der Waals surface area contributed by atoms with Crippen LogP contribution in [0, 0.1) is 0 Å². The lowest BCUT2D eigenvalue weighted by Gasteiger charge is -2.15. The number of anilines is 1. The van der Waals surface area contributed by atoms with Gasteiger partial charge in [0.05, 0.1) is 13.3 Å². The monoisotopic (exact) mass is 343 g/mol. The minimum Gasteiger partial charge on any atom is -0.496 e. The summed E-state index contributed by atoms with van der Waals surface area (Å²) in [6, 6.07) is 4.92. The molecule has 0 unspecified atom stereocenters. The minimum absolute atomic E-state index is 0.151. The van der Waals surface area contributed by atoms with Crippen LogP contribution in [0.3, 0.4) is 0 Å². The van der Waals surface area contributed by atoms with Gasteiger partial charge in [-0.1, -0.05) is 38.7 Å². The Balaban J connectivity index is 2.71. The highest BCUT2D eigenvalue weighted by molar-refractivity contribution is 7.50. The highest BCUT2D eigenvalue weighted by Crippen LogP contribution is 2.44. The third kappa shape index (κ3) is 7.64. The summed E-state index contributed by atoms with van der Waals surface area (Å²) < 4.78 is 16.4. The van der Waals surface area contributed by atoms with Crippen LogP contribution in [0.2, 0.25) is 0 Å². The maximum atomic E-state index is 12.0. The fourth-order valence-electron chi connectivity index (χ4n) is 2.34. The Bertz CT molecular complexity index is 555. The van der Waals surface area contributed by atoms with Crippen molar-refractivity contribution in [2.45, 2.75) is 51.6 Å². The van der Waals surface area contributed by atoms with Gasteiger partial charge in [0, 0.05) is 17.7 Å². The average molecular weight is 343 g/mol. The van der Waals surface area contributed by atoms with Crippen LogP contribution in [0.1, 0.15) is 51.0 Å². The zero-order valence-corrected chi connectivity index (χ0v) is 14.6. The number of amides is 1. The fraction of sp³-hybridized carbons (Fsp3) is 0.562. The molecule has 0 aliphatic carbocycles. The maximum absolute atomic E-state index is 12.0. The Morgan fingerprint density at radius 2 is 1.91 bits per heavy atom. The number of hydrogen-bond donors (Lipinski definition) is 3. The molecule has 0 fully saturated rings. The number of methoxy groups -OCH3 is 1. The molecule has 0 saturated heterocycles. The first-order valence-corrected chi connectivity index (χ1v) is 9.67. The van der Waals surface area contributed by atoms with Gasteiger partial charge in [0.1, 0.15) is 5.75 Å². The van der Waals surface area contributed by atoms with Crippen molar-refractivity contribution in [1.29, 1.82) is 0 Å². The van der Waals surface area contributed by atoms with Crippen molar-refractivity contribution in [2.75, 3.05) is 12.4 Å². The van der Waals surface area contributed by atoms with Gasteiger partial charge in [-0.3, -0.25) is 9.36 Å². The molecule has 0 saturated carbocycles. The smallest absolute Gasteiger partial charge is 0.330 e. The van der Waals surface area contributed by atoms with Crippen molar-refractivity contribution in [2.24, 2.45) is 0 Å². The van der Waals surface area contributed by atoms with Gasteiger partial charge in [-0.2, -0.15) is 0 Å². The molecule has 6 nitrogen and oxygen atoms in total. The van der Waals surface area contributed by atoms with E-state index >= 15 is 0 Å². The summed E-state index contributed by atoms with van der Waals surface area (Å²) >= 11 is 0. The van der Waals surface area contributed by atoms with E-state index in [0.29, 0.717) is 23.4 Å². The molecule has 0 atom stereocenters. The molecule has 1 aromatic carbocycles. The largest absolute Gasteiger partial charge is 0.496 e. The molecule has 1 aromatic rings. The molecule has 0 heterocycles. The van der Waals surface area contributed by atoms with Crippen LogP contribution in [-0.4, -0.2) is 22.8 Å². The van der Waals surface area contributed by atoms with Crippen molar-refractivity contribution in [3.05, 3.63) is 23.8 Å². The molecule has 0 spiro atoms. The third-order valence-electron chi connectivity index (χ3n) is 3.50. The molecule has 1 rings (SSSR count). The Kier molecular flexibility index (Phi) is 8.31. The van der Waals surface area contributed by atoms with Gasteiger partial charge in [-0.25, -0.2) is 0 Å². The van der Waals surface area contributed by atoms with E-state index in [0.717, 1.165) is 25.7 Å². The van der Waals surface area contributed by atoms with E-state index < -0.39 is 13.8 Å². The molecule has 3 N–H and O–H groups in total. The summed E-state index contributed by atoms with van der Waals surface area (Å²) in [6.45, 7) is 2.14. The van der Waals surface area contributed by atoms with Gasteiger partial charge in [-0.15, -0.1) is 0 Å². The number of benzene rings is 1. The topological polar surface area (TPSA) is 95.9 Å². The second-order valence-corrected chi connectivity index (χ2v) is 7.17. The standard InChI is InChI=1S/C16H26NO5P/c1-3-4-5-6-7-11-16(18)17-14-9-8-10-15(22-2)13(14)12-23(19,20)21/h8-10H,3-7,11-12H2,1-2H3,(H,17,18)(H2,19,20,21). The van der Waals surface area contributed by atoms with Gasteiger partial charge >= 0.3 is 7.60 Å². The number of carbonyl (C=O) groups excluding carboxylic acids is 1. The van der Waals surface area contributed by atoms with Crippen molar-refractivity contribution in [3.63, 3.8) is 0 Å². The summed E-state index contributed by atoms with van der Waals surface area (Å²) in [4.78, 5) is 30.4. The number of unbranched alkanes of at least 4 members (excludes halogenated alkanes) is 4. The van der Waals surface area contributed by atoms with E-state index in [4.69, 9.17) is 4.74 Å². The molecule has 1 amide bonds. The van der Waals surface area contributed by atoms with Crippen molar-refractivity contribution >= 4 is 19.2 Å². The Morgan fingerprint density at radius 1 is 1.22 bits per heavy atom. The predicted molar refractivity (Wildman–Crippen MR) is 90.7 cm³/mol. The SMILES string of the molecule is CCCCCCCC(=O)Nc1cccc(OC)c1CP(=O)(O)O. The Morgan fingerprint density at radius 3 is 2.52 bits per heavy atom. The summed E-state index contributed by atoms with van der Waals surface area (Å²) in [6.07, 6.45) is 5.19. The van der Waals surface area contributed by atoms with E-state index in [-0.39, 0.29) is 5.91 Å². The summed E-state index contributed by atoms with van der Waals surface area (Å²) in [7, 11) is -2.83. The Labute approximate surface area is 137 Å². The van der Waals surface area contributed by atoms with E-state index in [1.807, 2.05) is 0 Å². The number of ether oxygens (including phenoxy) is 1. The number of hydrogen-bond acceptors (Lipinski definition) is 3. The fourth-order valence-corrected chi connectivity index (χ4v) is 3.08. The summed E-state index contributed by atoms with van der Waals surface area (Å²) in [5, 5.41) is 2.74. The average Bonchev–Trinajstić information content (AvgIpc) is 2.47. The van der Waals surface area contributed by atoms with Crippen LogP contribution in [0.5, 0.6) is 5.75 Å². The highest BCUT2D eigenvalue weighted by Gasteiger charge is 2.21. The molecule has 0 aliphatic heterocycles. The second kappa shape index (κ2) is 9.71. The first kappa shape index (κ1) is 19.7. The zero-order chi connectivity index (χ0) is 17.3. The van der Waals surface area contributed by atoms with Crippen molar-refractivity contribution in [1.82, 2.24) is 0 Å². The molecular formula is C16H26NO5P. The predicted octanol–water partition coefficient (Wildman–Crippen LogP) is 3.67. The quantitative estimate of drug-likeness (QED) is 0.445. The van der Waals surface area contributed by atoms with Crippen LogP contribution >= 0.6 is 7.60 Å². The molecule has 23 heavy (non-hydrogen) atoms. The first-order valence-electron chi connectivity index (χ1n) is 7.87. The lowest BCUT2D eigenvalue weighted by Crippen LogP contribution is -2.13. The maximum Gasteiger partial charge on any atom is 0.330 e. The van der Waals surface area contributed by atoms with Crippen LogP contribution in [0.4, 0.5) is 5.69 Å². The highest BCUT2D eigenvalue weighted by atomic mass is 31.2. The molecule has 7 heteroatoms.